The third-order valence-electron chi connectivity index (χ3n) is 2.31. The quantitative estimate of drug-likeness (QED) is 0.740. The molecule has 0 spiro atoms. The van der Waals surface area contributed by atoms with Crippen molar-refractivity contribution in [2.75, 3.05) is 12.3 Å². The Morgan fingerprint density at radius 2 is 2.43 bits per heavy atom. The Morgan fingerprint density at radius 1 is 1.64 bits per heavy atom. The number of thioether (sulfide) groups is 1. The van der Waals surface area contributed by atoms with E-state index in [9.17, 15) is 4.79 Å². The zero-order chi connectivity index (χ0) is 10.4. The number of amides is 1. The summed E-state index contributed by atoms with van der Waals surface area (Å²) in [6.07, 6.45) is 4.44. The van der Waals surface area contributed by atoms with Gasteiger partial charge in [-0.3, -0.25) is 4.79 Å². The van der Waals surface area contributed by atoms with E-state index in [0.717, 1.165) is 0 Å². The molecule has 0 bridgehead atoms. The first-order valence-corrected chi connectivity index (χ1v) is 6.37. The lowest BCUT2D eigenvalue weighted by Gasteiger charge is -2.20. The zero-order valence-electron chi connectivity index (χ0n) is 8.79. The van der Waals surface area contributed by atoms with Crippen LogP contribution < -0.4 is 11.1 Å². The maximum atomic E-state index is 11.4. The topological polar surface area (TPSA) is 55.1 Å². The van der Waals surface area contributed by atoms with Gasteiger partial charge < -0.3 is 11.1 Å². The molecule has 2 unspecified atom stereocenters. The van der Waals surface area contributed by atoms with Crippen LogP contribution in [0.4, 0.5) is 0 Å². The van der Waals surface area contributed by atoms with E-state index in [0.29, 0.717) is 18.2 Å². The minimum absolute atomic E-state index is 0.0537. The molecule has 1 amide bonds. The van der Waals surface area contributed by atoms with Gasteiger partial charge in [0.15, 0.2) is 0 Å². The highest BCUT2D eigenvalue weighted by Gasteiger charge is 2.17. The van der Waals surface area contributed by atoms with Gasteiger partial charge in [-0.25, -0.2) is 0 Å². The summed E-state index contributed by atoms with van der Waals surface area (Å²) in [5.74, 6) is 1.37. The second-order valence-corrected chi connectivity index (χ2v) is 5.38. The van der Waals surface area contributed by atoms with Crippen molar-refractivity contribution in [2.24, 2.45) is 5.73 Å². The van der Waals surface area contributed by atoms with Gasteiger partial charge in [0.05, 0.1) is 0 Å². The maximum absolute atomic E-state index is 11.4. The summed E-state index contributed by atoms with van der Waals surface area (Å²) in [4.78, 5) is 11.4. The van der Waals surface area contributed by atoms with Crippen molar-refractivity contribution in [1.82, 2.24) is 5.32 Å². The van der Waals surface area contributed by atoms with Crippen molar-refractivity contribution < 1.29 is 4.79 Å². The summed E-state index contributed by atoms with van der Waals surface area (Å²) in [6.45, 7) is 2.49. The van der Waals surface area contributed by atoms with E-state index in [1.165, 1.54) is 25.0 Å². The summed E-state index contributed by atoms with van der Waals surface area (Å²) >= 11 is 1.93. The van der Waals surface area contributed by atoms with Gasteiger partial charge in [-0.2, -0.15) is 11.8 Å². The van der Waals surface area contributed by atoms with E-state index in [-0.39, 0.29) is 11.9 Å². The maximum Gasteiger partial charge on any atom is 0.221 e. The third kappa shape index (κ3) is 4.86. The van der Waals surface area contributed by atoms with Gasteiger partial charge in [0, 0.05) is 24.3 Å². The van der Waals surface area contributed by atoms with Crippen LogP contribution in [0.5, 0.6) is 0 Å². The number of hydrogen-bond acceptors (Lipinski definition) is 3. The molecule has 2 atom stereocenters. The minimum Gasteiger partial charge on any atom is -0.355 e. The molecular weight excluding hydrogens is 196 g/mol. The zero-order valence-corrected chi connectivity index (χ0v) is 9.61. The monoisotopic (exact) mass is 216 g/mol. The molecule has 0 aromatic rings. The molecule has 1 saturated heterocycles. The summed E-state index contributed by atoms with van der Waals surface area (Å²) in [6, 6.07) is 0.0537. The van der Waals surface area contributed by atoms with E-state index in [1.54, 1.807) is 0 Å². The van der Waals surface area contributed by atoms with E-state index in [1.807, 2.05) is 18.7 Å². The molecule has 82 valence electrons. The van der Waals surface area contributed by atoms with Crippen molar-refractivity contribution >= 4 is 17.7 Å². The molecule has 1 aliphatic rings. The first-order chi connectivity index (χ1) is 6.68. The molecule has 0 aliphatic carbocycles. The Kier molecular flexibility index (Phi) is 5.33. The molecule has 3 N–H and O–H groups in total. The highest BCUT2D eigenvalue weighted by Crippen LogP contribution is 2.27. The van der Waals surface area contributed by atoms with E-state index in [2.05, 4.69) is 5.32 Å². The van der Waals surface area contributed by atoms with Crippen LogP contribution in [-0.2, 0) is 4.79 Å². The minimum atomic E-state index is 0.0537. The fraction of sp³-hybridized carbons (Fsp3) is 0.900. The molecule has 1 rings (SSSR count). The number of hydrogen-bond donors (Lipinski definition) is 2. The Morgan fingerprint density at radius 3 is 3.00 bits per heavy atom. The fourth-order valence-corrected chi connectivity index (χ4v) is 2.83. The van der Waals surface area contributed by atoms with E-state index in [4.69, 9.17) is 5.73 Å². The lowest BCUT2D eigenvalue weighted by molar-refractivity contribution is -0.121. The van der Waals surface area contributed by atoms with Gasteiger partial charge in [-0.05, 0) is 25.5 Å². The summed E-state index contributed by atoms with van der Waals surface area (Å²) < 4.78 is 0. The molecule has 1 heterocycles. The predicted octanol–water partition coefficient (Wildman–Crippen LogP) is 1.13. The van der Waals surface area contributed by atoms with Crippen LogP contribution >= 0.6 is 11.8 Å². The van der Waals surface area contributed by atoms with Crippen molar-refractivity contribution in [3.63, 3.8) is 0 Å². The molecule has 0 aromatic carbocycles. The molecule has 1 aliphatic heterocycles. The standard InChI is InChI=1S/C10H20N2OS/c1-8(11)7-12-10(13)6-9-4-2-3-5-14-9/h8-9H,2-7,11H2,1H3,(H,12,13). The van der Waals surface area contributed by atoms with Gasteiger partial charge in [-0.15, -0.1) is 0 Å². The van der Waals surface area contributed by atoms with Gasteiger partial charge >= 0.3 is 0 Å². The van der Waals surface area contributed by atoms with Crippen molar-refractivity contribution in [3.8, 4) is 0 Å². The van der Waals surface area contributed by atoms with Crippen molar-refractivity contribution in [1.29, 1.82) is 0 Å². The number of carbonyl (C=O) groups excluding carboxylic acids is 1. The molecule has 3 nitrogen and oxygen atoms in total. The molecular formula is C10H20N2OS. The summed E-state index contributed by atoms with van der Waals surface area (Å²) in [5, 5.41) is 3.39. The van der Waals surface area contributed by atoms with Crippen molar-refractivity contribution in [3.05, 3.63) is 0 Å². The van der Waals surface area contributed by atoms with Crippen LogP contribution in [0.3, 0.4) is 0 Å². The van der Waals surface area contributed by atoms with Crippen LogP contribution in [0.1, 0.15) is 32.6 Å². The Hall–Kier alpha value is -0.220. The van der Waals surface area contributed by atoms with Gasteiger partial charge in [0.1, 0.15) is 0 Å². The van der Waals surface area contributed by atoms with Crippen LogP contribution in [0, 0.1) is 0 Å². The number of rotatable bonds is 4. The Balaban J connectivity index is 2.12. The van der Waals surface area contributed by atoms with Crippen LogP contribution in [-0.4, -0.2) is 29.5 Å². The molecule has 1 fully saturated rings. The van der Waals surface area contributed by atoms with E-state index >= 15 is 0 Å². The Labute approximate surface area is 90.2 Å². The SMILES string of the molecule is CC(N)CNC(=O)CC1CCCCS1. The van der Waals surface area contributed by atoms with E-state index < -0.39 is 0 Å². The highest BCUT2D eigenvalue weighted by molar-refractivity contribution is 7.99. The summed E-state index contributed by atoms with van der Waals surface area (Å²) in [7, 11) is 0. The average molecular weight is 216 g/mol. The van der Waals surface area contributed by atoms with Gasteiger partial charge in [-0.1, -0.05) is 6.42 Å². The number of nitrogens with two attached hydrogens (primary N) is 1. The highest BCUT2D eigenvalue weighted by atomic mass is 32.2. The molecule has 0 aromatic heterocycles. The normalized spacial score (nSPS) is 24.3. The largest absolute Gasteiger partial charge is 0.355 e. The van der Waals surface area contributed by atoms with Crippen LogP contribution in [0.25, 0.3) is 0 Å². The second kappa shape index (κ2) is 6.30. The number of nitrogens with one attached hydrogen (secondary N) is 1. The van der Waals surface area contributed by atoms with Gasteiger partial charge in [0.2, 0.25) is 5.91 Å². The number of carbonyl (C=O) groups is 1. The predicted molar refractivity (Wildman–Crippen MR) is 61.4 cm³/mol. The molecule has 14 heavy (non-hydrogen) atoms. The lowest BCUT2D eigenvalue weighted by atomic mass is 10.1. The third-order valence-corrected chi connectivity index (χ3v) is 3.71. The second-order valence-electron chi connectivity index (χ2n) is 3.97. The molecule has 4 heteroatoms. The average Bonchev–Trinajstić information content (AvgIpc) is 2.16. The van der Waals surface area contributed by atoms with Crippen LogP contribution in [0.15, 0.2) is 0 Å². The lowest BCUT2D eigenvalue weighted by Crippen LogP contribution is -2.36. The molecule has 0 radical (unpaired) electrons. The van der Waals surface area contributed by atoms with Gasteiger partial charge in [0.25, 0.3) is 0 Å². The summed E-state index contributed by atoms with van der Waals surface area (Å²) in [5.41, 5.74) is 5.55. The smallest absolute Gasteiger partial charge is 0.221 e. The first kappa shape index (κ1) is 11.9. The first-order valence-electron chi connectivity index (χ1n) is 5.32. The van der Waals surface area contributed by atoms with Crippen molar-refractivity contribution in [2.45, 2.75) is 43.9 Å². The van der Waals surface area contributed by atoms with Crippen LogP contribution in [0.2, 0.25) is 0 Å². The molecule has 0 saturated carbocycles. The fourth-order valence-electron chi connectivity index (χ4n) is 1.52. The Bertz CT molecular complexity index is 179.